The van der Waals surface area contributed by atoms with Crippen LogP contribution in [0.5, 0.6) is 0 Å². The number of hydrogen-bond acceptors (Lipinski definition) is 5. The van der Waals surface area contributed by atoms with Gasteiger partial charge in [0.05, 0.1) is 24.0 Å². The van der Waals surface area contributed by atoms with Crippen LogP contribution in [0.2, 0.25) is 0 Å². The molecule has 1 saturated heterocycles. The lowest BCUT2D eigenvalue weighted by Crippen LogP contribution is -2.46. The van der Waals surface area contributed by atoms with Crippen molar-refractivity contribution in [2.24, 2.45) is 23.7 Å². The maximum absolute atomic E-state index is 13.1. The number of imide groups is 1. The van der Waals surface area contributed by atoms with Crippen LogP contribution in [0.1, 0.15) is 37.0 Å². The van der Waals surface area contributed by atoms with Gasteiger partial charge in [-0.3, -0.25) is 19.3 Å². The second kappa shape index (κ2) is 8.65. The number of fused-ring (bicyclic) bond motifs is 5. The summed E-state index contributed by atoms with van der Waals surface area (Å²) in [7, 11) is 0. The third kappa shape index (κ3) is 3.73. The zero-order chi connectivity index (χ0) is 22.4. The molecule has 31 heavy (non-hydrogen) atoms. The Kier molecular flexibility index (Phi) is 6.27. The highest BCUT2D eigenvalue weighted by Gasteiger charge is 2.67. The van der Waals surface area contributed by atoms with Gasteiger partial charge in [0.1, 0.15) is 6.04 Å². The summed E-state index contributed by atoms with van der Waals surface area (Å²) in [6.45, 7) is 3.83. The normalized spacial score (nSPS) is 32.2. The van der Waals surface area contributed by atoms with Crippen molar-refractivity contribution in [3.8, 4) is 0 Å². The molecule has 166 valence electrons. The van der Waals surface area contributed by atoms with Crippen LogP contribution in [0, 0.1) is 23.7 Å². The minimum Gasteiger partial charge on any atom is -0.462 e. The van der Waals surface area contributed by atoms with Crippen LogP contribution in [0.25, 0.3) is 0 Å². The second-order valence-corrected chi connectivity index (χ2v) is 10.5. The van der Waals surface area contributed by atoms with Gasteiger partial charge in [-0.15, -0.1) is 0 Å². The molecule has 1 aliphatic heterocycles. The quantitative estimate of drug-likeness (QED) is 0.330. The van der Waals surface area contributed by atoms with Crippen LogP contribution in [-0.2, 0) is 19.1 Å². The standard InChI is InChI=1S/C22H24Br2N2O5/c1-3-8-31-22(30)11-4-6-12(7-5-11)25-19(27)10(2)26-20(28)15-13-9-14(16(15)21(26)29)18(24)17(13)23/h4-7,10,13-18H,3,8-9H2,1-2H3,(H,25,27). The van der Waals surface area contributed by atoms with Gasteiger partial charge in [0, 0.05) is 15.3 Å². The third-order valence-corrected chi connectivity index (χ3v) is 9.82. The van der Waals surface area contributed by atoms with Crippen LogP contribution >= 0.6 is 31.9 Å². The molecule has 7 unspecified atom stereocenters. The molecule has 7 nitrogen and oxygen atoms in total. The summed E-state index contributed by atoms with van der Waals surface area (Å²) >= 11 is 7.33. The molecule has 4 rings (SSSR count). The van der Waals surface area contributed by atoms with Gasteiger partial charge in [0.15, 0.2) is 0 Å². The van der Waals surface area contributed by atoms with E-state index in [4.69, 9.17) is 4.74 Å². The Bertz CT molecular complexity index is 889. The zero-order valence-electron chi connectivity index (χ0n) is 17.2. The number of nitrogens with one attached hydrogen (secondary N) is 1. The number of amides is 3. The summed E-state index contributed by atoms with van der Waals surface area (Å²) in [6, 6.07) is 5.42. The highest BCUT2D eigenvalue weighted by molar-refractivity contribution is 9.12. The van der Waals surface area contributed by atoms with Gasteiger partial charge in [-0.05, 0) is 55.9 Å². The molecule has 0 radical (unpaired) electrons. The highest BCUT2D eigenvalue weighted by Crippen LogP contribution is 2.60. The number of alkyl halides is 2. The molecule has 0 spiro atoms. The molecule has 0 aromatic heterocycles. The van der Waals surface area contributed by atoms with Crippen molar-refractivity contribution in [3.05, 3.63) is 29.8 Å². The van der Waals surface area contributed by atoms with E-state index in [1.807, 2.05) is 6.92 Å². The fraction of sp³-hybridized carbons (Fsp3) is 0.545. The Morgan fingerprint density at radius 3 is 2.16 bits per heavy atom. The van der Waals surface area contributed by atoms with E-state index in [-0.39, 0.29) is 45.1 Å². The first-order chi connectivity index (χ1) is 14.8. The van der Waals surface area contributed by atoms with Gasteiger partial charge >= 0.3 is 5.97 Å². The molecule has 2 saturated carbocycles. The lowest BCUT2D eigenvalue weighted by Gasteiger charge is -2.28. The lowest BCUT2D eigenvalue weighted by molar-refractivity contribution is -0.146. The average Bonchev–Trinajstić information content (AvgIpc) is 3.36. The molecule has 3 amide bonds. The van der Waals surface area contributed by atoms with Crippen molar-refractivity contribution < 1.29 is 23.9 Å². The topological polar surface area (TPSA) is 92.8 Å². The molecule has 9 heteroatoms. The van der Waals surface area contributed by atoms with Gasteiger partial charge in [0.2, 0.25) is 17.7 Å². The van der Waals surface area contributed by atoms with Crippen LogP contribution in [-0.4, -0.2) is 50.9 Å². The fourth-order valence-corrected chi connectivity index (χ4v) is 6.96. The second-order valence-electron chi connectivity index (χ2n) is 8.43. The molecule has 1 heterocycles. The summed E-state index contributed by atoms with van der Waals surface area (Å²) in [5.74, 6) is -1.84. The summed E-state index contributed by atoms with van der Waals surface area (Å²) in [5, 5.41) is 2.73. The van der Waals surface area contributed by atoms with Crippen molar-refractivity contribution in [2.75, 3.05) is 11.9 Å². The summed E-state index contributed by atoms with van der Waals surface area (Å²) < 4.78 is 5.09. The molecule has 2 aliphatic carbocycles. The van der Waals surface area contributed by atoms with Crippen molar-refractivity contribution in [2.45, 2.75) is 42.4 Å². The fourth-order valence-electron chi connectivity index (χ4n) is 5.09. The molecule has 3 fully saturated rings. The molecular weight excluding hydrogens is 532 g/mol. The number of likely N-dealkylation sites (tertiary alicyclic amines) is 1. The number of halogens is 2. The summed E-state index contributed by atoms with van der Waals surface area (Å²) in [4.78, 5) is 52.3. The number of hydrogen-bond donors (Lipinski definition) is 1. The van der Waals surface area contributed by atoms with E-state index in [1.54, 1.807) is 31.2 Å². The van der Waals surface area contributed by atoms with Gasteiger partial charge < -0.3 is 10.1 Å². The highest BCUT2D eigenvalue weighted by atomic mass is 79.9. The van der Waals surface area contributed by atoms with Crippen molar-refractivity contribution in [3.63, 3.8) is 0 Å². The molecule has 1 aromatic carbocycles. The van der Waals surface area contributed by atoms with Crippen LogP contribution in [0.3, 0.4) is 0 Å². The number of anilines is 1. The lowest BCUT2D eigenvalue weighted by atomic mass is 9.81. The first kappa shape index (κ1) is 22.5. The minimum atomic E-state index is -0.915. The molecule has 2 bridgehead atoms. The van der Waals surface area contributed by atoms with Gasteiger partial charge in [0.25, 0.3) is 0 Å². The number of carbonyl (C=O) groups is 4. The third-order valence-electron chi connectivity index (χ3n) is 6.61. The Balaban J connectivity index is 1.43. The van der Waals surface area contributed by atoms with E-state index in [2.05, 4.69) is 37.2 Å². The maximum atomic E-state index is 13.1. The first-order valence-electron chi connectivity index (χ1n) is 10.5. The Morgan fingerprint density at radius 2 is 1.65 bits per heavy atom. The average molecular weight is 556 g/mol. The Labute approximate surface area is 197 Å². The predicted molar refractivity (Wildman–Crippen MR) is 121 cm³/mol. The van der Waals surface area contributed by atoms with E-state index in [0.29, 0.717) is 17.9 Å². The monoisotopic (exact) mass is 554 g/mol. The Morgan fingerprint density at radius 1 is 1.10 bits per heavy atom. The molecule has 7 atom stereocenters. The molecule has 3 aliphatic rings. The minimum absolute atomic E-state index is 0.107. The molecular formula is C22H24Br2N2O5. The van der Waals surface area contributed by atoms with E-state index < -0.39 is 17.9 Å². The summed E-state index contributed by atoms with van der Waals surface area (Å²) in [5.41, 5.74) is 0.866. The number of ether oxygens (including phenoxy) is 1. The van der Waals surface area contributed by atoms with E-state index in [9.17, 15) is 19.2 Å². The van der Waals surface area contributed by atoms with E-state index in [0.717, 1.165) is 17.7 Å². The van der Waals surface area contributed by atoms with Crippen molar-refractivity contribution in [1.29, 1.82) is 0 Å². The van der Waals surface area contributed by atoms with Gasteiger partial charge in [-0.1, -0.05) is 38.8 Å². The number of nitrogens with zero attached hydrogens (tertiary/aromatic N) is 1. The van der Waals surface area contributed by atoms with Crippen molar-refractivity contribution in [1.82, 2.24) is 4.90 Å². The van der Waals surface area contributed by atoms with Gasteiger partial charge in [-0.2, -0.15) is 0 Å². The largest absolute Gasteiger partial charge is 0.462 e. The first-order valence-corrected chi connectivity index (χ1v) is 12.3. The number of carbonyl (C=O) groups excluding carboxylic acids is 4. The Hall–Kier alpha value is -1.74. The van der Waals surface area contributed by atoms with Crippen LogP contribution in [0.15, 0.2) is 24.3 Å². The summed E-state index contributed by atoms with van der Waals surface area (Å²) in [6.07, 6.45) is 1.58. The smallest absolute Gasteiger partial charge is 0.338 e. The molecule has 1 N–H and O–H groups in total. The maximum Gasteiger partial charge on any atom is 0.338 e. The zero-order valence-corrected chi connectivity index (χ0v) is 20.4. The van der Waals surface area contributed by atoms with E-state index >= 15 is 0 Å². The van der Waals surface area contributed by atoms with Crippen molar-refractivity contribution >= 4 is 61.2 Å². The van der Waals surface area contributed by atoms with Crippen LogP contribution in [0.4, 0.5) is 5.69 Å². The molecule has 1 aromatic rings. The number of esters is 1. The predicted octanol–water partition coefficient (Wildman–Crippen LogP) is 3.36. The van der Waals surface area contributed by atoms with E-state index in [1.165, 1.54) is 0 Å². The van der Waals surface area contributed by atoms with Crippen LogP contribution < -0.4 is 5.32 Å². The SMILES string of the molecule is CCCOC(=O)c1ccc(NC(=O)C(C)N2C(=O)C3C4CC(C(Br)C4Br)C3C2=O)cc1. The van der Waals surface area contributed by atoms with Gasteiger partial charge in [-0.25, -0.2) is 4.79 Å². The number of benzene rings is 1. The number of rotatable bonds is 6.